The van der Waals surface area contributed by atoms with Gasteiger partial charge in [0.1, 0.15) is 16.6 Å². The number of nitrogens with one attached hydrogen (secondary N) is 3. The molecule has 3 aromatic heterocycles. The molecule has 7 nitrogen and oxygen atoms in total. The average molecular weight is 420 g/mol. The first-order chi connectivity index (χ1) is 13.4. The fourth-order valence-corrected chi connectivity index (χ4v) is 4.87. The van der Waals surface area contributed by atoms with Crippen molar-refractivity contribution >= 4 is 38.5 Å². The number of nitrogens with zero attached hydrogens (tertiary/aromatic N) is 2. The highest BCUT2D eigenvalue weighted by Gasteiger charge is 2.27. The first-order valence-electron chi connectivity index (χ1n) is 9.23. The lowest BCUT2D eigenvalue weighted by Crippen LogP contribution is -2.48. The van der Waals surface area contributed by atoms with Crippen molar-refractivity contribution in [3.63, 3.8) is 0 Å². The van der Waals surface area contributed by atoms with Gasteiger partial charge >= 0.3 is 0 Å². The van der Waals surface area contributed by atoms with Gasteiger partial charge in [-0.3, -0.25) is 0 Å². The van der Waals surface area contributed by atoms with Crippen LogP contribution in [0.4, 0.5) is 5.82 Å². The summed E-state index contributed by atoms with van der Waals surface area (Å²) in [6.07, 6.45) is 8.55. The van der Waals surface area contributed by atoms with Crippen LogP contribution < -0.4 is 10.0 Å². The fourth-order valence-electron chi connectivity index (χ4n) is 3.83. The standard InChI is InChI=1S/C19H22ClN5O2S/c1-28(26,27)25-16-7-3-2-6-15(16)23-18-10-12(9-17(20)24-18)14-11-22-19-13(14)5-4-8-21-19/h4-5,8-11,15-16,25H,2-3,6-7H2,1H3,(H,21,22)(H,23,24)/t15-,16+/m1/s1. The second-order valence-electron chi connectivity index (χ2n) is 7.20. The number of anilines is 1. The Morgan fingerprint density at radius 2 is 2.00 bits per heavy atom. The second-order valence-corrected chi connectivity index (χ2v) is 9.36. The van der Waals surface area contributed by atoms with E-state index in [1.807, 2.05) is 30.5 Å². The second kappa shape index (κ2) is 7.69. The van der Waals surface area contributed by atoms with Gasteiger partial charge in [-0.25, -0.2) is 23.1 Å². The molecule has 0 amide bonds. The highest BCUT2D eigenvalue weighted by atomic mass is 35.5. The van der Waals surface area contributed by atoms with Gasteiger partial charge in [0.15, 0.2) is 0 Å². The third kappa shape index (κ3) is 4.29. The van der Waals surface area contributed by atoms with Crippen LogP contribution >= 0.6 is 11.6 Å². The molecular weight excluding hydrogens is 398 g/mol. The van der Waals surface area contributed by atoms with Crippen LogP contribution in [0.1, 0.15) is 25.7 Å². The molecule has 0 unspecified atom stereocenters. The Balaban J connectivity index is 1.63. The predicted octanol–water partition coefficient (Wildman–Crippen LogP) is 3.55. The largest absolute Gasteiger partial charge is 0.366 e. The molecule has 0 aromatic carbocycles. The van der Waals surface area contributed by atoms with Crippen molar-refractivity contribution in [2.24, 2.45) is 0 Å². The molecule has 9 heteroatoms. The minimum absolute atomic E-state index is 0.0353. The molecule has 0 bridgehead atoms. The number of halogens is 1. The number of pyridine rings is 2. The van der Waals surface area contributed by atoms with E-state index >= 15 is 0 Å². The van der Waals surface area contributed by atoms with Crippen LogP contribution in [0.25, 0.3) is 22.2 Å². The average Bonchev–Trinajstić information content (AvgIpc) is 3.06. The maximum Gasteiger partial charge on any atom is 0.209 e. The smallest absolute Gasteiger partial charge is 0.209 e. The molecule has 0 aliphatic heterocycles. The van der Waals surface area contributed by atoms with Gasteiger partial charge in [0.25, 0.3) is 0 Å². The number of H-pyrrole nitrogens is 1. The van der Waals surface area contributed by atoms with Gasteiger partial charge in [0, 0.05) is 35.4 Å². The number of aromatic amines is 1. The number of sulfonamides is 1. The molecule has 28 heavy (non-hydrogen) atoms. The third-order valence-electron chi connectivity index (χ3n) is 5.02. The predicted molar refractivity (Wildman–Crippen MR) is 112 cm³/mol. The molecule has 1 aliphatic rings. The zero-order valence-corrected chi connectivity index (χ0v) is 17.0. The molecule has 3 aromatic rings. The highest BCUT2D eigenvalue weighted by Crippen LogP contribution is 2.31. The molecule has 3 heterocycles. The van der Waals surface area contributed by atoms with E-state index in [2.05, 4.69) is 25.0 Å². The monoisotopic (exact) mass is 419 g/mol. The highest BCUT2D eigenvalue weighted by molar-refractivity contribution is 7.88. The van der Waals surface area contributed by atoms with Crippen LogP contribution in [0.5, 0.6) is 0 Å². The third-order valence-corrected chi connectivity index (χ3v) is 5.95. The Bertz CT molecular complexity index is 1100. The van der Waals surface area contributed by atoms with Crippen LogP contribution in [0.3, 0.4) is 0 Å². The van der Waals surface area contributed by atoms with Crippen LogP contribution in [0.2, 0.25) is 5.15 Å². The summed E-state index contributed by atoms with van der Waals surface area (Å²) < 4.78 is 26.1. The SMILES string of the molecule is CS(=O)(=O)N[C@H]1CCCC[C@H]1Nc1cc(-c2c[nH]c3ncccc23)cc(Cl)n1. The zero-order chi connectivity index (χ0) is 19.7. The van der Waals surface area contributed by atoms with E-state index in [0.717, 1.165) is 47.8 Å². The van der Waals surface area contributed by atoms with Crippen molar-refractivity contribution in [1.82, 2.24) is 19.7 Å². The van der Waals surface area contributed by atoms with E-state index in [1.165, 1.54) is 6.26 Å². The molecule has 4 rings (SSSR count). The van der Waals surface area contributed by atoms with Crippen LogP contribution in [-0.2, 0) is 10.0 Å². The van der Waals surface area contributed by atoms with Gasteiger partial charge in [-0.05, 0) is 42.7 Å². The number of rotatable bonds is 5. The number of fused-ring (bicyclic) bond motifs is 1. The molecule has 0 spiro atoms. The summed E-state index contributed by atoms with van der Waals surface area (Å²) in [5, 5.41) is 4.78. The van der Waals surface area contributed by atoms with Crippen molar-refractivity contribution in [2.75, 3.05) is 11.6 Å². The number of aromatic nitrogens is 3. The minimum Gasteiger partial charge on any atom is -0.366 e. The van der Waals surface area contributed by atoms with Crippen molar-refractivity contribution < 1.29 is 8.42 Å². The Morgan fingerprint density at radius 3 is 2.79 bits per heavy atom. The minimum atomic E-state index is -3.27. The molecule has 148 valence electrons. The molecule has 2 atom stereocenters. The van der Waals surface area contributed by atoms with E-state index in [0.29, 0.717) is 11.0 Å². The summed E-state index contributed by atoms with van der Waals surface area (Å²) in [5.74, 6) is 0.632. The lowest BCUT2D eigenvalue weighted by Gasteiger charge is -2.32. The van der Waals surface area contributed by atoms with Gasteiger partial charge < -0.3 is 10.3 Å². The topological polar surface area (TPSA) is 99.8 Å². The number of hydrogen-bond acceptors (Lipinski definition) is 5. The van der Waals surface area contributed by atoms with E-state index < -0.39 is 10.0 Å². The van der Waals surface area contributed by atoms with Crippen LogP contribution in [-0.4, -0.2) is 41.7 Å². The maximum absolute atomic E-state index is 11.7. The van der Waals surface area contributed by atoms with E-state index in [9.17, 15) is 8.42 Å². The van der Waals surface area contributed by atoms with Crippen molar-refractivity contribution in [2.45, 2.75) is 37.8 Å². The van der Waals surface area contributed by atoms with Crippen molar-refractivity contribution in [3.8, 4) is 11.1 Å². The van der Waals surface area contributed by atoms with Crippen molar-refractivity contribution in [3.05, 3.63) is 41.8 Å². The Kier molecular flexibility index (Phi) is 5.27. The zero-order valence-electron chi connectivity index (χ0n) is 15.4. The lowest BCUT2D eigenvalue weighted by molar-refractivity contribution is 0.379. The molecule has 0 saturated heterocycles. The molecule has 1 saturated carbocycles. The van der Waals surface area contributed by atoms with Crippen LogP contribution in [0, 0.1) is 0 Å². The van der Waals surface area contributed by atoms with Crippen molar-refractivity contribution in [1.29, 1.82) is 0 Å². The number of hydrogen-bond donors (Lipinski definition) is 3. The molecule has 1 aliphatic carbocycles. The van der Waals surface area contributed by atoms with E-state index in [-0.39, 0.29) is 12.1 Å². The van der Waals surface area contributed by atoms with E-state index in [1.54, 1.807) is 6.20 Å². The summed E-state index contributed by atoms with van der Waals surface area (Å²) in [6.45, 7) is 0. The summed E-state index contributed by atoms with van der Waals surface area (Å²) in [6, 6.07) is 7.45. The van der Waals surface area contributed by atoms with Gasteiger partial charge in [0.2, 0.25) is 10.0 Å². The summed E-state index contributed by atoms with van der Waals surface area (Å²) in [4.78, 5) is 11.9. The fraction of sp³-hybridized carbons (Fsp3) is 0.368. The molecule has 3 N–H and O–H groups in total. The molecular formula is C19H22ClN5O2S. The summed E-state index contributed by atoms with van der Waals surface area (Å²) >= 11 is 6.29. The summed E-state index contributed by atoms with van der Waals surface area (Å²) in [5.41, 5.74) is 2.72. The lowest BCUT2D eigenvalue weighted by atomic mass is 9.91. The first-order valence-corrected chi connectivity index (χ1v) is 11.5. The molecule has 1 fully saturated rings. The van der Waals surface area contributed by atoms with E-state index in [4.69, 9.17) is 11.6 Å². The Morgan fingerprint density at radius 1 is 1.21 bits per heavy atom. The van der Waals surface area contributed by atoms with Gasteiger partial charge in [-0.1, -0.05) is 24.4 Å². The molecule has 0 radical (unpaired) electrons. The van der Waals surface area contributed by atoms with Gasteiger partial charge in [-0.15, -0.1) is 0 Å². The summed E-state index contributed by atoms with van der Waals surface area (Å²) in [7, 11) is -3.27. The Hall–Kier alpha value is -2.16. The first kappa shape index (κ1) is 19.2. The van der Waals surface area contributed by atoms with Gasteiger partial charge in [-0.2, -0.15) is 0 Å². The van der Waals surface area contributed by atoms with Gasteiger partial charge in [0.05, 0.1) is 6.26 Å². The maximum atomic E-state index is 11.7. The Labute approximate surface area is 169 Å². The normalized spacial score (nSPS) is 20.4. The quantitative estimate of drug-likeness (QED) is 0.549. The van der Waals surface area contributed by atoms with Crippen LogP contribution in [0.15, 0.2) is 36.7 Å².